The number of rotatable bonds is 7. The van der Waals surface area contributed by atoms with Crippen LogP contribution in [0.1, 0.15) is 64.7 Å². The van der Waals surface area contributed by atoms with Crippen molar-refractivity contribution >= 4 is 0 Å². The lowest BCUT2D eigenvalue weighted by Crippen LogP contribution is -2.68. The molecule has 300 valence electrons. The quantitative estimate of drug-likeness (QED) is 0.110. The SMILES string of the molecule is C[C@H]1O[C@H](OC[C@H]2O[C@@H](OC3C4CC(C5CCC(O)CC5)OC5CC(O)CC([OH+]C3C3CC(O)C(O)C(O)C3)C54)[C@H](O)[C@@H](O)[C@@H]2O)[C@@H](O)[C@@H](O)[C@@H]1O. The fraction of sp³-hybridized carbons (Fsp3) is 1.00. The molecule has 0 spiro atoms. The predicted molar refractivity (Wildman–Crippen MR) is 174 cm³/mol. The van der Waals surface area contributed by atoms with Gasteiger partial charge in [-0.05, 0) is 57.8 Å². The summed E-state index contributed by atoms with van der Waals surface area (Å²) in [6, 6.07) is 0. The molecule has 3 aliphatic carbocycles. The highest BCUT2D eigenvalue weighted by atomic mass is 16.7. The van der Waals surface area contributed by atoms with Gasteiger partial charge >= 0.3 is 0 Å². The Morgan fingerprint density at radius 2 is 1.23 bits per heavy atom. The predicted octanol–water partition coefficient (Wildman–Crippen LogP) is -4.11. The Bertz CT molecular complexity index is 1160. The van der Waals surface area contributed by atoms with Crippen LogP contribution in [0, 0.1) is 23.7 Å². The number of hydrogen-bond donors (Lipinski definition) is 11. The lowest BCUT2D eigenvalue weighted by Gasteiger charge is -2.56. The molecule has 0 amide bonds. The Hall–Kier alpha value is -0.680. The van der Waals surface area contributed by atoms with Crippen LogP contribution < -0.4 is 0 Å². The van der Waals surface area contributed by atoms with E-state index in [4.69, 9.17) is 28.4 Å². The van der Waals surface area contributed by atoms with Crippen LogP contribution in [0.25, 0.3) is 0 Å². The molecule has 4 aliphatic heterocycles. The minimum absolute atomic E-state index is 0.108. The first-order valence-corrected chi connectivity index (χ1v) is 19.1. The molecule has 0 aromatic rings. The highest BCUT2D eigenvalue weighted by molar-refractivity contribution is 5.06. The van der Waals surface area contributed by atoms with Gasteiger partial charge in [0.2, 0.25) is 0 Å². The normalized spacial score (nSPS) is 57.2. The maximum atomic E-state index is 11.3. The van der Waals surface area contributed by atoms with Crippen LogP contribution in [0.4, 0.5) is 0 Å². The van der Waals surface area contributed by atoms with Gasteiger partial charge in [-0.15, -0.1) is 0 Å². The molecule has 0 bridgehead atoms. The van der Waals surface area contributed by atoms with E-state index in [0.29, 0.717) is 32.1 Å². The van der Waals surface area contributed by atoms with E-state index in [2.05, 4.69) is 0 Å². The van der Waals surface area contributed by atoms with Gasteiger partial charge in [0, 0.05) is 24.7 Å². The van der Waals surface area contributed by atoms with Gasteiger partial charge in [0.05, 0.1) is 55.3 Å². The van der Waals surface area contributed by atoms with E-state index >= 15 is 0 Å². The zero-order valence-electron chi connectivity index (χ0n) is 29.3. The summed E-state index contributed by atoms with van der Waals surface area (Å²) < 4.78 is 35.9. The van der Waals surface area contributed by atoms with E-state index in [9.17, 15) is 56.2 Å². The average Bonchev–Trinajstić information content (AvgIpc) is 3.11. The second kappa shape index (κ2) is 16.1. The van der Waals surface area contributed by atoms with Crippen LogP contribution in [0.3, 0.4) is 0 Å². The van der Waals surface area contributed by atoms with Gasteiger partial charge in [0.25, 0.3) is 0 Å². The van der Waals surface area contributed by atoms with Crippen LogP contribution in [-0.2, 0) is 23.7 Å². The maximum absolute atomic E-state index is 11.3. The minimum Gasteiger partial charge on any atom is -0.427 e. The summed E-state index contributed by atoms with van der Waals surface area (Å²) in [6.07, 6.45) is -17.6. The van der Waals surface area contributed by atoms with Crippen molar-refractivity contribution in [1.29, 1.82) is 0 Å². The monoisotopic (exact) mass is 751 g/mol. The lowest BCUT2D eigenvalue weighted by molar-refractivity contribution is -0.384. The zero-order valence-corrected chi connectivity index (χ0v) is 29.3. The zero-order chi connectivity index (χ0) is 37.2. The van der Waals surface area contributed by atoms with Gasteiger partial charge in [-0.25, -0.2) is 0 Å². The van der Waals surface area contributed by atoms with Crippen molar-refractivity contribution < 1.29 is 84.6 Å². The molecule has 17 nitrogen and oxygen atoms in total. The third kappa shape index (κ3) is 7.70. The van der Waals surface area contributed by atoms with E-state index in [0.717, 1.165) is 12.8 Å². The Labute approximate surface area is 302 Å². The molecule has 17 heteroatoms. The first-order valence-electron chi connectivity index (χ1n) is 19.1. The van der Waals surface area contributed by atoms with Crippen molar-refractivity contribution in [1.82, 2.24) is 0 Å². The first-order chi connectivity index (χ1) is 24.7. The van der Waals surface area contributed by atoms with E-state index in [-0.39, 0.29) is 55.0 Å². The molecule has 4 heterocycles. The Morgan fingerprint density at radius 3 is 1.92 bits per heavy atom. The molecule has 0 aromatic heterocycles. The summed E-state index contributed by atoms with van der Waals surface area (Å²) in [6.45, 7) is 1.03. The van der Waals surface area contributed by atoms with Crippen molar-refractivity contribution in [3.8, 4) is 0 Å². The molecule has 7 fully saturated rings. The van der Waals surface area contributed by atoms with Gasteiger partial charge in [-0.1, -0.05) is 0 Å². The van der Waals surface area contributed by atoms with Crippen molar-refractivity contribution in [2.45, 2.75) is 187 Å². The third-order valence-corrected chi connectivity index (χ3v) is 13.2. The number of aliphatic hydroxyl groups excluding tert-OH is 11. The molecular weight excluding hydrogens is 692 g/mol. The summed E-state index contributed by atoms with van der Waals surface area (Å²) in [4.78, 5) is 0. The molecule has 3 saturated carbocycles. The van der Waals surface area contributed by atoms with Gasteiger partial charge in [0.1, 0.15) is 54.9 Å². The summed E-state index contributed by atoms with van der Waals surface area (Å²) in [5.41, 5.74) is 0. The van der Waals surface area contributed by atoms with Crippen LogP contribution in [-0.4, -0.2) is 190 Å². The molecule has 7 rings (SSSR count). The van der Waals surface area contributed by atoms with Crippen LogP contribution in [0.5, 0.6) is 0 Å². The maximum Gasteiger partial charge on any atom is 0.187 e. The van der Waals surface area contributed by atoms with Gasteiger partial charge in [-0.3, -0.25) is 0 Å². The number of hydrogen-bond acceptors (Lipinski definition) is 16. The first kappa shape index (κ1) is 39.6. The molecule has 4 saturated heterocycles. The summed E-state index contributed by atoms with van der Waals surface area (Å²) in [5, 5.41) is 117. The molecule has 7 aliphatic rings. The van der Waals surface area contributed by atoms with Crippen molar-refractivity contribution in [2.75, 3.05) is 6.61 Å². The van der Waals surface area contributed by atoms with E-state index in [1.807, 2.05) is 0 Å². The van der Waals surface area contributed by atoms with E-state index in [1.54, 1.807) is 0 Å². The molecule has 52 heavy (non-hydrogen) atoms. The third-order valence-electron chi connectivity index (χ3n) is 13.2. The van der Waals surface area contributed by atoms with Gasteiger partial charge < -0.3 is 84.6 Å². The van der Waals surface area contributed by atoms with E-state index < -0.39 is 111 Å². The molecule has 20 atom stereocenters. The van der Waals surface area contributed by atoms with E-state index in [1.165, 1.54) is 6.92 Å². The Balaban J connectivity index is 1.15. The molecule has 10 unspecified atom stereocenters. The van der Waals surface area contributed by atoms with Crippen molar-refractivity contribution in [2.24, 2.45) is 23.7 Å². The van der Waals surface area contributed by atoms with Crippen LogP contribution >= 0.6 is 0 Å². The average molecular weight is 752 g/mol. The van der Waals surface area contributed by atoms with Gasteiger partial charge in [0.15, 0.2) is 24.8 Å². The number of aliphatic hydroxyl groups is 13. The molecule has 12 N–H and O–H groups in total. The smallest absolute Gasteiger partial charge is 0.187 e. The minimum atomic E-state index is -1.75. The number of ether oxygens (including phenoxy) is 6. The topological polar surface area (TPSA) is 281 Å². The molecule has 0 radical (unpaired) electrons. The highest BCUT2D eigenvalue weighted by Gasteiger charge is 2.62. The van der Waals surface area contributed by atoms with Gasteiger partial charge in [-0.2, -0.15) is 0 Å². The fourth-order valence-electron chi connectivity index (χ4n) is 10.2. The van der Waals surface area contributed by atoms with Crippen LogP contribution in [0.15, 0.2) is 0 Å². The highest BCUT2D eigenvalue weighted by Crippen LogP contribution is 2.51. The molecular formula is C35H59O17+. The Morgan fingerprint density at radius 1 is 0.577 bits per heavy atom. The largest absolute Gasteiger partial charge is 0.427 e. The summed E-state index contributed by atoms with van der Waals surface area (Å²) in [7, 11) is 0. The van der Waals surface area contributed by atoms with Crippen molar-refractivity contribution in [3.05, 3.63) is 0 Å². The van der Waals surface area contributed by atoms with Crippen LogP contribution in [0.2, 0.25) is 0 Å². The second-order valence-electron chi connectivity index (χ2n) is 16.6. The Kier molecular flexibility index (Phi) is 12.2. The standard InChI is InChI=1S/C35H58O17/c1-12-25(40)28(43)30(45)34(48-12)47-11-23-27(42)29(44)31(46)35(51-23)52-33-17-10-20(13-2-4-15(36)5-3-13)49-21-8-16(37)9-22(24(17)21)50-32(33)14-6-18(38)26(41)19(39)7-14/h12-46H,2-11H2,1H3/p+1/t12-,13?,14?,15?,16?,17?,18?,19?,20?,21?,22?,23-,24?,25-,26?,27-,28+,29+,30+,31-,32?,33?,34+,35+/m1/s1. The van der Waals surface area contributed by atoms with Crippen molar-refractivity contribution in [3.63, 3.8) is 0 Å². The second-order valence-corrected chi connectivity index (χ2v) is 16.6. The fourth-order valence-corrected chi connectivity index (χ4v) is 10.2. The molecule has 0 aromatic carbocycles. The lowest BCUT2D eigenvalue weighted by atomic mass is 9.63. The summed E-state index contributed by atoms with van der Waals surface area (Å²) >= 11 is 0. The summed E-state index contributed by atoms with van der Waals surface area (Å²) in [5.74, 6) is -0.746.